The maximum atomic E-state index is 12.2. The number of carbonyl (C=O) groups is 2. The van der Waals surface area contributed by atoms with Gasteiger partial charge in [0.05, 0.1) is 6.61 Å². The van der Waals surface area contributed by atoms with Crippen LogP contribution in [-0.2, 0) is 9.53 Å². The summed E-state index contributed by atoms with van der Waals surface area (Å²) in [5.74, 6) is 2.96. The van der Waals surface area contributed by atoms with Gasteiger partial charge in [0, 0.05) is 44.0 Å². The number of anilines is 1. The van der Waals surface area contributed by atoms with Crippen LogP contribution >= 0.6 is 0 Å². The number of hydrogen-bond acceptors (Lipinski definition) is 4. The van der Waals surface area contributed by atoms with Gasteiger partial charge in [0.25, 0.3) is 0 Å². The van der Waals surface area contributed by atoms with E-state index in [9.17, 15) is 9.59 Å². The van der Waals surface area contributed by atoms with Crippen LogP contribution in [0, 0.1) is 12.3 Å². The molecule has 8 heteroatoms. The minimum atomic E-state index is -0.294. The molecule has 0 saturated carbocycles. The lowest BCUT2D eigenvalue weighted by molar-refractivity contribution is -0.114. The van der Waals surface area contributed by atoms with Crippen LogP contribution in [0.1, 0.15) is 19.4 Å². The Bertz CT molecular complexity index is 748. The summed E-state index contributed by atoms with van der Waals surface area (Å²) in [5.41, 5.74) is 1.35. The number of aliphatic imine (C=N–C) groups is 1. The number of benzene rings is 1. The van der Waals surface area contributed by atoms with Gasteiger partial charge in [-0.05, 0) is 32.0 Å². The Labute approximate surface area is 165 Å². The van der Waals surface area contributed by atoms with Crippen molar-refractivity contribution in [1.29, 1.82) is 0 Å². The van der Waals surface area contributed by atoms with Gasteiger partial charge in [0.1, 0.15) is 6.54 Å². The Balaban J connectivity index is 1.92. The molecule has 2 N–H and O–H groups in total. The van der Waals surface area contributed by atoms with E-state index < -0.39 is 0 Å². The summed E-state index contributed by atoms with van der Waals surface area (Å²) < 4.78 is 5.03. The van der Waals surface area contributed by atoms with Gasteiger partial charge in [-0.2, -0.15) is 0 Å². The minimum Gasteiger partial charge on any atom is -0.450 e. The third-order valence-corrected chi connectivity index (χ3v) is 4.13. The summed E-state index contributed by atoms with van der Waals surface area (Å²) in [5, 5.41) is 5.99. The van der Waals surface area contributed by atoms with Crippen LogP contribution in [0.4, 0.5) is 10.5 Å². The molecule has 1 heterocycles. The highest BCUT2D eigenvalue weighted by molar-refractivity contribution is 5.94. The molecule has 8 nitrogen and oxygen atoms in total. The average Bonchev–Trinajstić information content (AvgIpc) is 2.71. The maximum Gasteiger partial charge on any atom is 0.409 e. The third kappa shape index (κ3) is 6.20. The zero-order chi connectivity index (χ0) is 20.4. The Hall–Kier alpha value is -3.21. The van der Waals surface area contributed by atoms with Crippen LogP contribution in [-0.4, -0.2) is 73.6 Å². The molecule has 0 aliphatic carbocycles. The van der Waals surface area contributed by atoms with Gasteiger partial charge in [0.2, 0.25) is 5.91 Å². The molecule has 28 heavy (non-hydrogen) atoms. The summed E-state index contributed by atoms with van der Waals surface area (Å²) >= 11 is 0. The van der Waals surface area contributed by atoms with Gasteiger partial charge in [-0.15, -0.1) is 6.42 Å². The number of terminal acetylenes is 1. The SMILES string of the molecule is C#Cc1cccc(NC(=O)CN=C(NCC)N2CCN(C(=O)OCC)CC2)c1. The van der Waals surface area contributed by atoms with Crippen LogP contribution < -0.4 is 10.6 Å². The van der Waals surface area contributed by atoms with E-state index in [-0.39, 0.29) is 18.5 Å². The van der Waals surface area contributed by atoms with Gasteiger partial charge in [-0.25, -0.2) is 9.79 Å². The van der Waals surface area contributed by atoms with Crippen molar-refractivity contribution in [1.82, 2.24) is 15.1 Å². The smallest absolute Gasteiger partial charge is 0.409 e. The molecule has 0 spiro atoms. The van der Waals surface area contributed by atoms with Crippen molar-refractivity contribution in [2.75, 3.05) is 51.2 Å². The van der Waals surface area contributed by atoms with Crippen LogP contribution in [0.5, 0.6) is 0 Å². The molecule has 1 aliphatic heterocycles. The van der Waals surface area contributed by atoms with E-state index in [1.165, 1.54) is 0 Å². The highest BCUT2D eigenvalue weighted by Crippen LogP contribution is 2.09. The quantitative estimate of drug-likeness (QED) is 0.454. The van der Waals surface area contributed by atoms with E-state index in [0.29, 0.717) is 56.5 Å². The molecule has 150 valence electrons. The van der Waals surface area contributed by atoms with Crippen molar-refractivity contribution in [3.05, 3.63) is 29.8 Å². The average molecular weight is 385 g/mol. The minimum absolute atomic E-state index is 0.0132. The Kier molecular flexibility index (Phi) is 8.15. The van der Waals surface area contributed by atoms with Gasteiger partial charge in [0.15, 0.2) is 5.96 Å². The molecule has 1 aliphatic rings. The summed E-state index contributed by atoms with van der Waals surface area (Å²) in [4.78, 5) is 32.2. The van der Waals surface area contributed by atoms with Crippen molar-refractivity contribution < 1.29 is 14.3 Å². The predicted octanol–water partition coefficient (Wildman–Crippen LogP) is 1.35. The molecular formula is C20H27N5O3. The van der Waals surface area contributed by atoms with E-state index in [2.05, 4.69) is 21.5 Å². The standard InChI is InChI=1S/C20H27N5O3/c1-4-16-8-7-9-17(14-16)23-18(26)15-22-19(21-5-2)24-10-12-25(13-11-24)20(27)28-6-3/h1,7-9,14H,5-6,10-13,15H2,2-3H3,(H,21,22)(H,23,26). The fourth-order valence-electron chi connectivity index (χ4n) is 2.78. The first kappa shape index (κ1) is 21.1. The van der Waals surface area contributed by atoms with Crippen molar-refractivity contribution in [2.45, 2.75) is 13.8 Å². The lowest BCUT2D eigenvalue weighted by Crippen LogP contribution is -2.54. The van der Waals surface area contributed by atoms with E-state index >= 15 is 0 Å². The summed E-state index contributed by atoms with van der Waals surface area (Å²) in [6.07, 6.45) is 5.08. The Morgan fingerprint density at radius 1 is 1.21 bits per heavy atom. The summed E-state index contributed by atoms with van der Waals surface area (Å²) in [6, 6.07) is 7.11. The number of nitrogens with zero attached hydrogens (tertiary/aromatic N) is 3. The molecule has 1 saturated heterocycles. The second-order valence-electron chi connectivity index (χ2n) is 6.12. The molecule has 2 amide bonds. The zero-order valence-corrected chi connectivity index (χ0v) is 16.4. The second kappa shape index (κ2) is 10.8. The first-order chi connectivity index (χ1) is 13.6. The number of guanidine groups is 1. The van der Waals surface area contributed by atoms with Gasteiger partial charge >= 0.3 is 6.09 Å². The van der Waals surface area contributed by atoms with Gasteiger partial charge < -0.3 is 25.2 Å². The van der Waals surface area contributed by atoms with Crippen molar-refractivity contribution >= 4 is 23.6 Å². The van der Waals surface area contributed by atoms with Gasteiger partial charge in [-0.3, -0.25) is 4.79 Å². The number of carbonyl (C=O) groups excluding carboxylic acids is 2. The molecule has 1 aromatic rings. The Morgan fingerprint density at radius 2 is 1.93 bits per heavy atom. The zero-order valence-electron chi connectivity index (χ0n) is 16.4. The first-order valence-electron chi connectivity index (χ1n) is 9.38. The molecule has 0 aromatic heterocycles. The second-order valence-corrected chi connectivity index (χ2v) is 6.12. The Morgan fingerprint density at radius 3 is 2.57 bits per heavy atom. The third-order valence-electron chi connectivity index (χ3n) is 4.13. The van der Waals surface area contributed by atoms with Crippen LogP contribution in [0.2, 0.25) is 0 Å². The lowest BCUT2D eigenvalue weighted by atomic mass is 10.2. The first-order valence-corrected chi connectivity index (χ1v) is 9.38. The monoisotopic (exact) mass is 385 g/mol. The van der Waals surface area contributed by atoms with Crippen LogP contribution in [0.15, 0.2) is 29.3 Å². The van der Waals surface area contributed by atoms with E-state index in [0.717, 1.165) is 0 Å². The topological polar surface area (TPSA) is 86.3 Å². The molecule has 1 aromatic carbocycles. The van der Waals surface area contributed by atoms with Crippen molar-refractivity contribution in [2.24, 2.45) is 4.99 Å². The summed E-state index contributed by atoms with van der Waals surface area (Å²) in [7, 11) is 0. The van der Waals surface area contributed by atoms with Crippen LogP contribution in [0.3, 0.4) is 0 Å². The van der Waals surface area contributed by atoms with E-state index in [1.54, 1.807) is 36.1 Å². The number of amides is 2. The fraction of sp³-hybridized carbons (Fsp3) is 0.450. The van der Waals surface area contributed by atoms with E-state index in [1.807, 2.05) is 11.8 Å². The summed E-state index contributed by atoms with van der Waals surface area (Å²) in [6.45, 7) is 7.13. The highest BCUT2D eigenvalue weighted by Gasteiger charge is 2.23. The predicted molar refractivity (Wildman–Crippen MR) is 109 cm³/mol. The number of nitrogens with one attached hydrogen (secondary N) is 2. The largest absolute Gasteiger partial charge is 0.450 e. The lowest BCUT2D eigenvalue weighted by Gasteiger charge is -2.35. The van der Waals surface area contributed by atoms with Crippen LogP contribution in [0.25, 0.3) is 0 Å². The number of rotatable bonds is 5. The molecule has 0 bridgehead atoms. The van der Waals surface area contributed by atoms with Crippen molar-refractivity contribution in [3.8, 4) is 12.3 Å². The number of ether oxygens (including phenoxy) is 1. The normalized spacial score (nSPS) is 14.2. The maximum absolute atomic E-state index is 12.2. The molecule has 2 rings (SSSR count). The van der Waals surface area contributed by atoms with Crippen molar-refractivity contribution in [3.63, 3.8) is 0 Å². The molecule has 0 radical (unpaired) electrons. The highest BCUT2D eigenvalue weighted by atomic mass is 16.6. The molecule has 1 fully saturated rings. The number of piperazine rings is 1. The van der Waals surface area contributed by atoms with E-state index in [4.69, 9.17) is 11.2 Å². The van der Waals surface area contributed by atoms with Gasteiger partial charge in [-0.1, -0.05) is 12.0 Å². The fourth-order valence-corrected chi connectivity index (χ4v) is 2.78. The number of hydrogen-bond donors (Lipinski definition) is 2. The molecule has 0 unspecified atom stereocenters. The molecular weight excluding hydrogens is 358 g/mol. The molecule has 0 atom stereocenters.